The van der Waals surface area contributed by atoms with Crippen molar-refractivity contribution in [3.8, 4) is 6.01 Å². The van der Waals surface area contributed by atoms with Crippen molar-refractivity contribution in [1.82, 2.24) is 15.0 Å². The molecule has 21 heavy (non-hydrogen) atoms. The average molecular weight is 307 g/mol. The minimum Gasteiger partial charge on any atom is -0.463 e. The molecule has 2 aromatic rings. The van der Waals surface area contributed by atoms with Gasteiger partial charge in [-0.1, -0.05) is 13.0 Å². The van der Waals surface area contributed by atoms with Gasteiger partial charge in [0.25, 0.3) is 0 Å². The lowest BCUT2D eigenvalue weighted by atomic mass is 10.4. The summed E-state index contributed by atoms with van der Waals surface area (Å²) in [6.07, 6.45) is 0.919. The van der Waals surface area contributed by atoms with E-state index in [1.165, 1.54) is 4.88 Å². The van der Waals surface area contributed by atoms with Gasteiger partial charge in [-0.2, -0.15) is 15.0 Å². The Balaban J connectivity index is 2.22. The monoisotopic (exact) mass is 307 g/mol. The molecule has 2 aromatic heterocycles. The third kappa shape index (κ3) is 4.29. The number of ether oxygens (including phenoxy) is 1. The Hall–Kier alpha value is -1.89. The van der Waals surface area contributed by atoms with E-state index in [-0.39, 0.29) is 0 Å². The predicted molar refractivity (Wildman–Crippen MR) is 86.2 cm³/mol. The van der Waals surface area contributed by atoms with Crippen LogP contribution in [-0.2, 0) is 6.54 Å². The largest absolute Gasteiger partial charge is 0.463 e. The summed E-state index contributed by atoms with van der Waals surface area (Å²) in [6.45, 7) is 6.34. The fourth-order valence-corrected chi connectivity index (χ4v) is 2.49. The molecule has 0 unspecified atom stereocenters. The van der Waals surface area contributed by atoms with Crippen LogP contribution < -0.4 is 15.0 Å². The zero-order valence-corrected chi connectivity index (χ0v) is 13.5. The molecule has 0 saturated heterocycles. The summed E-state index contributed by atoms with van der Waals surface area (Å²) in [4.78, 5) is 16.5. The number of nitrogens with zero attached hydrogens (tertiary/aromatic N) is 4. The molecule has 0 saturated carbocycles. The first-order valence-electron chi connectivity index (χ1n) is 7.10. The molecule has 2 heterocycles. The van der Waals surface area contributed by atoms with Crippen LogP contribution in [0.2, 0.25) is 0 Å². The van der Waals surface area contributed by atoms with Crippen LogP contribution in [0.4, 0.5) is 11.9 Å². The minimum absolute atomic E-state index is 0.371. The molecule has 0 aromatic carbocycles. The van der Waals surface area contributed by atoms with E-state index < -0.39 is 0 Å². The minimum atomic E-state index is 0.371. The Morgan fingerprint density at radius 2 is 2.14 bits per heavy atom. The van der Waals surface area contributed by atoms with Crippen LogP contribution in [0.1, 0.15) is 25.1 Å². The molecule has 6 nitrogen and oxygen atoms in total. The summed E-state index contributed by atoms with van der Waals surface area (Å²) in [5.41, 5.74) is 0. The molecule has 7 heteroatoms. The van der Waals surface area contributed by atoms with Crippen molar-refractivity contribution in [3.63, 3.8) is 0 Å². The topological polar surface area (TPSA) is 63.2 Å². The zero-order valence-electron chi connectivity index (χ0n) is 12.7. The lowest BCUT2D eigenvalue weighted by molar-refractivity contribution is 0.292. The van der Waals surface area contributed by atoms with E-state index in [0.717, 1.165) is 19.5 Å². The first-order chi connectivity index (χ1) is 10.3. The molecule has 0 atom stereocenters. The van der Waals surface area contributed by atoms with Gasteiger partial charge in [-0.3, -0.25) is 0 Å². The van der Waals surface area contributed by atoms with Gasteiger partial charge in [-0.25, -0.2) is 0 Å². The summed E-state index contributed by atoms with van der Waals surface area (Å²) in [6, 6.07) is 4.54. The standard InChI is InChI=1S/C14H21N5OS/c1-4-8-20-14-17-12(15-3)16-13(18-14)19(5-2)10-11-7-6-9-21-11/h6-7,9H,4-5,8,10H2,1-3H3,(H,15,16,17,18). The lowest BCUT2D eigenvalue weighted by Crippen LogP contribution is -2.24. The van der Waals surface area contributed by atoms with Gasteiger partial charge < -0.3 is 15.0 Å². The maximum absolute atomic E-state index is 5.54. The van der Waals surface area contributed by atoms with Crippen LogP contribution in [0.25, 0.3) is 0 Å². The maximum Gasteiger partial charge on any atom is 0.323 e. The van der Waals surface area contributed by atoms with Gasteiger partial charge in [0.1, 0.15) is 0 Å². The summed E-state index contributed by atoms with van der Waals surface area (Å²) in [7, 11) is 1.79. The van der Waals surface area contributed by atoms with Crippen molar-refractivity contribution >= 4 is 23.2 Å². The molecule has 0 radical (unpaired) electrons. The van der Waals surface area contributed by atoms with Gasteiger partial charge in [0.15, 0.2) is 0 Å². The van der Waals surface area contributed by atoms with Crippen molar-refractivity contribution in [2.45, 2.75) is 26.8 Å². The summed E-state index contributed by atoms with van der Waals surface area (Å²) >= 11 is 1.73. The van der Waals surface area contributed by atoms with Crippen molar-refractivity contribution in [1.29, 1.82) is 0 Å². The highest BCUT2D eigenvalue weighted by atomic mass is 32.1. The van der Waals surface area contributed by atoms with E-state index in [0.29, 0.717) is 24.5 Å². The molecular weight excluding hydrogens is 286 g/mol. The zero-order chi connectivity index (χ0) is 15.1. The average Bonchev–Trinajstić information content (AvgIpc) is 3.03. The number of aromatic nitrogens is 3. The fraction of sp³-hybridized carbons (Fsp3) is 0.500. The van der Waals surface area contributed by atoms with Crippen LogP contribution in [0.5, 0.6) is 6.01 Å². The van der Waals surface area contributed by atoms with Gasteiger partial charge in [0.2, 0.25) is 11.9 Å². The van der Waals surface area contributed by atoms with Gasteiger partial charge in [0.05, 0.1) is 13.2 Å². The highest BCUT2D eigenvalue weighted by Gasteiger charge is 2.13. The van der Waals surface area contributed by atoms with Gasteiger partial charge in [-0.05, 0) is 24.8 Å². The van der Waals surface area contributed by atoms with Crippen LogP contribution in [0.15, 0.2) is 17.5 Å². The number of anilines is 2. The van der Waals surface area contributed by atoms with Gasteiger partial charge in [0, 0.05) is 18.5 Å². The first kappa shape index (κ1) is 15.5. The van der Waals surface area contributed by atoms with E-state index >= 15 is 0 Å². The maximum atomic E-state index is 5.54. The van der Waals surface area contributed by atoms with E-state index in [1.54, 1.807) is 18.4 Å². The highest BCUT2D eigenvalue weighted by molar-refractivity contribution is 7.09. The number of thiophene rings is 1. The third-order valence-electron chi connectivity index (χ3n) is 2.85. The fourth-order valence-electron chi connectivity index (χ4n) is 1.77. The smallest absolute Gasteiger partial charge is 0.323 e. The van der Waals surface area contributed by atoms with Crippen LogP contribution in [0, 0.1) is 0 Å². The first-order valence-corrected chi connectivity index (χ1v) is 7.98. The predicted octanol–water partition coefficient (Wildman–Crippen LogP) is 2.79. The molecule has 0 bridgehead atoms. The summed E-state index contributed by atoms with van der Waals surface area (Å²) < 4.78 is 5.54. The van der Waals surface area contributed by atoms with Gasteiger partial charge >= 0.3 is 6.01 Å². The normalized spacial score (nSPS) is 10.4. The molecule has 1 N–H and O–H groups in total. The third-order valence-corrected chi connectivity index (χ3v) is 3.71. The lowest BCUT2D eigenvalue weighted by Gasteiger charge is -2.20. The number of hydrogen-bond acceptors (Lipinski definition) is 7. The van der Waals surface area contributed by atoms with Crippen molar-refractivity contribution in [3.05, 3.63) is 22.4 Å². The second-order valence-electron chi connectivity index (χ2n) is 4.43. The molecular formula is C14H21N5OS. The van der Waals surface area contributed by atoms with E-state index in [2.05, 4.69) is 56.5 Å². The summed E-state index contributed by atoms with van der Waals surface area (Å²) in [5, 5.41) is 5.03. The van der Waals surface area contributed by atoms with Crippen LogP contribution in [0.3, 0.4) is 0 Å². The quantitative estimate of drug-likeness (QED) is 0.809. The molecule has 0 amide bonds. The Morgan fingerprint density at radius 1 is 1.29 bits per heavy atom. The Morgan fingerprint density at radius 3 is 2.76 bits per heavy atom. The van der Waals surface area contributed by atoms with Crippen molar-refractivity contribution < 1.29 is 4.74 Å². The Bertz CT molecular complexity index is 546. The SMILES string of the molecule is CCCOc1nc(NC)nc(N(CC)Cc2cccs2)n1. The second-order valence-corrected chi connectivity index (χ2v) is 5.47. The van der Waals surface area contributed by atoms with Crippen LogP contribution >= 0.6 is 11.3 Å². The molecule has 0 aliphatic carbocycles. The van der Waals surface area contributed by atoms with E-state index in [4.69, 9.17) is 4.74 Å². The molecule has 0 aliphatic heterocycles. The molecule has 114 valence electrons. The molecule has 0 spiro atoms. The molecule has 0 aliphatic rings. The number of nitrogens with one attached hydrogen (secondary N) is 1. The highest BCUT2D eigenvalue weighted by Crippen LogP contribution is 2.19. The Labute approximate surface area is 129 Å². The van der Waals surface area contributed by atoms with Gasteiger partial charge in [-0.15, -0.1) is 11.3 Å². The van der Waals surface area contributed by atoms with E-state index in [1.807, 2.05) is 0 Å². The second kappa shape index (κ2) is 7.78. The number of rotatable bonds is 8. The van der Waals surface area contributed by atoms with Crippen LogP contribution in [-0.4, -0.2) is 35.2 Å². The molecule has 2 rings (SSSR count). The number of hydrogen-bond donors (Lipinski definition) is 1. The summed E-state index contributed by atoms with van der Waals surface area (Å²) in [5.74, 6) is 1.16. The molecule has 0 fully saturated rings. The van der Waals surface area contributed by atoms with E-state index in [9.17, 15) is 0 Å². The van der Waals surface area contributed by atoms with Crippen molar-refractivity contribution in [2.24, 2.45) is 0 Å². The van der Waals surface area contributed by atoms with Crippen molar-refractivity contribution in [2.75, 3.05) is 30.4 Å². The Kier molecular flexibility index (Phi) is 5.74.